The number of aliphatic imine (C=N–C) groups is 1. The molecule has 0 fully saturated rings. The summed E-state index contributed by atoms with van der Waals surface area (Å²) >= 11 is 0. The molecule has 0 amide bonds. The minimum Gasteiger partial charge on any atom is -0.493 e. The van der Waals surface area contributed by atoms with Gasteiger partial charge in [0.15, 0.2) is 17.5 Å². The van der Waals surface area contributed by atoms with Crippen LogP contribution in [0.5, 0.6) is 11.5 Å². The Morgan fingerprint density at radius 1 is 1.04 bits per heavy atom. The van der Waals surface area contributed by atoms with Crippen LogP contribution in [-0.4, -0.2) is 26.7 Å². The quantitative estimate of drug-likeness (QED) is 0.595. The first-order valence-electron chi connectivity index (χ1n) is 8.26. The number of benzene rings is 2. The number of nitrogens with two attached hydrogens (primary N) is 1. The fourth-order valence-corrected chi connectivity index (χ4v) is 2.60. The van der Waals surface area contributed by atoms with E-state index in [2.05, 4.69) is 48.4 Å². The Hall–Kier alpha value is -2.69. The lowest BCUT2D eigenvalue weighted by Gasteiger charge is -2.22. The van der Waals surface area contributed by atoms with E-state index in [4.69, 9.17) is 15.2 Å². The molecule has 0 saturated carbocycles. The maximum Gasteiger partial charge on any atom is 0.193 e. The van der Waals surface area contributed by atoms with Crippen molar-refractivity contribution in [3.63, 3.8) is 0 Å². The van der Waals surface area contributed by atoms with Crippen molar-refractivity contribution in [3.8, 4) is 11.5 Å². The highest BCUT2D eigenvalue weighted by atomic mass is 16.5. The summed E-state index contributed by atoms with van der Waals surface area (Å²) < 4.78 is 10.5. The van der Waals surface area contributed by atoms with E-state index in [1.165, 1.54) is 5.56 Å². The average Bonchev–Trinajstić information content (AvgIpc) is 2.60. The lowest BCUT2D eigenvalue weighted by atomic mass is 9.86. The lowest BCUT2D eigenvalue weighted by Crippen LogP contribution is -2.26. The number of hydrogen-bond acceptors (Lipinski definition) is 3. The molecule has 0 saturated heterocycles. The summed E-state index contributed by atoms with van der Waals surface area (Å²) in [7, 11) is 3.21. The van der Waals surface area contributed by atoms with Crippen LogP contribution in [0.4, 0.5) is 5.69 Å². The molecule has 5 nitrogen and oxygen atoms in total. The van der Waals surface area contributed by atoms with Gasteiger partial charge >= 0.3 is 0 Å². The molecule has 0 bridgehead atoms. The average molecular weight is 341 g/mol. The molecule has 2 aromatic carbocycles. The molecule has 0 unspecified atom stereocenters. The third-order valence-electron chi connectivity index (χ3n) is 3.86. The van der Waals surface area contributed by atoms with E-state index in [9.17, 15) is 0 Å². The van der Waals surface area contributed by atoms with Gasteiger partial charge in [-0.25, -0.2) is 0 Å². The Bertz CT molecular complexity index is 712. The van der Waals surface area contributed by atoms with Gasteiger partial charge in [-0.15, -0.1) is 0 Å². The molecule has 25 heavy (non-hydrogen) atoms. The highest BCUT2D eigenvalue weighted by Crippen LogP contribution is 2.29. The van der Waals surface area contributed by atoms with E-state index in [0.717, 1.165) is 12.1 Å². The molecular weight excluding hydrogens is 314 g/mol. The Kier molecular flexibility index (Phi) is 6.28. The van der Waals surface area contributed by atoms with Gasteiger partial charge in [-0.2, -0.15) is 0 Å². The van der Waals surface area contributed by atoms with Crippen LogP contribution in [-0.2, 0) is 6.42 Å². The third kappa shape index (κ3) is 5.71. The number of rotatable bonds is 7. The highest BCUT2D eigenvalue weighted by molar-refractivity contribution is 5.92. The molecule has 0 atom stereocenters. The molecule has 2 rings (SSSR count). The van der Waals surface area contributed by atoms with Gasteiger partial charge in [-0.1, -0.05) is 44.2 Å². The number of nitrogens with one attached hydrogen (secondary N) is 1. The summed E-state index contributed by atoms with van der Waals surface area (Å²) in [6, 6.07) is 15.9. The van der Waals surface area contributed by atoms with Crippen molar-refractivity contribution in [1.82, 2.24) is 0 Å². The molecule has 3 N–H and O–H groups in total. The van der Waals surface area contributed by atoms with E-state index >= 15 is 0 Å². The molecule has 134 valence electrons. The topological polar surface area (TPSA) is 68.9 Å². The molecule has 0 aromatic heterocycles. The van der Waals surface area contributed by atoms with Gasteiger partial charge in [0.2, 0.25) is 0 Å². The molecule has 2 aromatic rings. The second-order valence-corrected chi connectivity index (χ2v) is 6.72. The summed E-state index contributed by atoms with van der Waals surface area (Å²) in [4.78, 5) is 4.50. The van der Waals surface area contributed by atoms with Crippen molar-refractivity contribution in [2.75, 3.05) is 26.1 Å². The maximum absolute atomic E-state index is 6.04. The lowest BCUT2D eigenvalue weighted by molar-refractivity contribution is 0.355. The van der Waals surface area contributed by atoms with Crippen LogP contribution in [0.1, 0.15) is 19.4 Å². The fraction of sp³-hybridized carbons (Fsp3) is 0.350. The van der Waals surface area contributed by atoms with Gasteiger partial charge in [-0.3, -0.25) is 4.99 Å². The molecule has 0 aliphatic heterocycles. The second-order valence-electron chi connectivity index (χ2n) is 6.72. The largest absolute Gasteiger partial charge is 0.493 e. The summed E-state index contributed by atoms with van der Waals surface area (Å²) in [6.07, 6.45) is 0.945. The molecular formula is C20H27N3O2. The molecule has 0 radical (unpaired) electrons. The molecule has 0 spiro atoms. The number of guanidine groups is 1. The van der Waals surface area contributed by atoms with Gasteiger partial charge in [-0.05, 0) is 29.5 Å². The van der Waals surface area contributed by atoms with Crippen LogP contribution >= 0.6 is 0 Å². The van der Waals surface area contributed by atoms with Crippen molar-refractivity contribution < 1.29 is 9.47 Å². The van der Waals surface area contributed by atoms with Crippen LogP contribution in [0.3, 0.4) is 0 Å². The number of methoxy groups -OCH3 is 2. The highest BCUT2D eigenvalue weighted by Gasteiger charge is 2.18. The number of anilines is 1. The van der Waals surface area contributed by atoms with Crippen molar-refractivity contribution in [2.24, 2.45) is 16.1 Å². The number of hydrogen-bond donors (Lipinski definition) is 2. The summed E-state index contributed by atoms with van der Waals surface area (Å²) in [5.74, 6) is 1.70. The fourth-order valence-electron chi connectivity index (χ4n) is 2.60. The van der Waals surface area contributed by atoms with Crippen LogP contribution in [0.25, 0.3) is 0 Å². The molecule has 0 aliphatic rings. The molecule has 0 heterocycles. The second kappa shape index (κ2) is 8.42. The zero-order valence-corrected chi connectivity index (χ0v) is 15.4. The summed E-state index contributed by atoms with van der Waals surface area (Å²) in [5.41, 5.74) is 8.16. The SMILES string of the molecule is COc1ccc(NC(N)=NCC(C)(C)Cc2ccccc2)cc1OC. The first-order chi connectivity index (χ1) is 11.9. The zero-order chi connectivity index (χ0) is 18.3. The zero-order valence-electron chi connectivity index (χ0n) is 15.4. The van der Waals surface area contributed by atoms with Gasteiger partial charge in [0.25, 0.3) is 0 Å². The van der Waals surface area contributed by atoms with Crippen molar-refractivity contribution in [2.45, 2.75) is 20.3 Å². The van der Waals surface area contributed by atoms with E-state index in [-0.39, 0.29) is 5.41 Å². The summed E-state index contributed by atoms with van der Waals surface area (Å²) in [6.45, 7) is 5.01. The minimum atomic E-state index is 0.0191. The molecule has 5 heteroatoms. The first kappa shape index (κ1) is 18.6. The van der Waals surface area contributed by atoms with Crippen molar-refractivity contribution >= 4 is 11.6 Å². The Morgan fingerprint density at radius 2 is 1.72 bits per heavy atom. The number of nitrogens with zero attached hydrogens (tertiary/aromatic N) is 1. The van der Waals surface area contributed by atoms with Crippen LogP contribution in [0, 0.1) is 5.41 Å². The van der Waals surface area contributed by atoms with Crippen molar-refractivity contribution in [1.29, 1.82) is 0 Å². The smallest absolute Gasteiger partial charge is 0.193 e. The van der Waals surface area contributed by atoms with E-state index in [1.54, 1.807) is 14.2 Å². The maximum atomic E-state index is 6.04. The van der Waals surface area contributed by atoms with E-state index in [1.807, 2.05) is 24.3 Å². The van der Waals surface area contributed by atoms with Gasteiger partial charge < -0.3 is 20.5 Å². The van der Waals surface area contributed by atoms with Crippen molar-refractivity contribution in [3.05, 3.63) is 54.1 Å². The predicted molar refractivity (Wildman–Crippen MR) is 104 cm³/mol. The Labute approximate surface area is 149 Å². The van der Waals surface area contributed by atoms with E-state index in [0.29, 0.717) is 24.0 Å². The van der Waals surface area contributed by atoms with Gasteiger partial charge in [0, 0.05) is 18.3 Å². The van der Waals surface area contributed by atoms with Crippen LogP contribution < -0.4 is 20.5 Å². The van der Waals surface area contributed by atoms with Gasteiger partial charge in [0.05, 0.1) is 14.2 Å². The predicted octanol–water partition coefficient (Wildman–Crippen LogP) is 3.70. The monoisotopic (exact) mass is 341 g/mol. The summed E-state index contributed by atoms with van der Waals surface area (Å²) in [5, 5.41) is 3.10. The van der Waals surface area contributed by atoms with Crippen LogP contribution in [0.15, 0.2) is 53.5 Å². The van der Waals surface area contributed by atoms with Gasteiger partial charge in [0.1, 0.15) is 0 Å². The first-order valence-corrected chi connectivity index (χ1v) is 8.26. The van der Waals surface area contributed by atoms with Crippen LogP contribution in [0.2, 0.25) is 0 Å². The minimum absolute atomic E-state index is 0.0191. The third-order valence-corrected chi connectivity index (χ3v) is 3.86. The number of ether oxygens (including phenoxy) is 2. The Morgan fingerprint density at radius 3 is 2.36 bits per heavy atom. The normalized spacial score (nSPS) is 11.9. The molecule has 0 aliphatic carbocycles. The Balaban J connectivity index is 1.99. The standard InChI is InChI=1S/C20H27N3O2/c1-20(2,13-15-8-6-5-7-9-15)14-22-19(21)23-16-10-11-17(24-3)18(12-16)25-4/h5-12H,13-14H2,1-4H3,(H3,21,22,23). The van der Waals surface area contributed by atoms with E-state index < -0.39 is 0 Å².